The molecule has 6 heteroatoms. The number of hydrogen-bond acceptors (Lipinski definition) is 2. The molecule has 0 unspecified atom stereocenters. The molecular formula is C19H17ClIN3O. The number of likely N-dealkylation sites (tertiary alicyclic amines) is 1. The number of amides is 1. The molecule has 3 aromatic rings. The Labute approximate surface area is 164 Å². The zero-order chi connectivity index (χ0) is 17.4. The molecule has 1 N–H and O–H groups in total. The average molecular weight is 466 g/mol. The van der Waals surface area contributed by atoms with E-state index in [1.54, 1.807) is 12.3 Å². The molecule has 0 spiro atoms. The van der Waals surface area contributed by atoms with Gasteiger partial charge in [0.1, 0.15) is 5.65 Å². The van der Waals surface area contributed by atoms with Gasteiger partial charge in [0.05, 0.1) is 5.56 Å². The third-order valence-corrected chi connectivity index (χ3v) is 6.04. The SMILES string of the molecule is O=C(c1cc(Cl)ccc1I)N1CCC(c2c[nH]c3ncccc23)CC1. The maximum Gasteiger partial charge on any atom is 0.254 e. The lowest BCUT2D eigenvalue weighted by Gasteiger charge is -2.32. The lowest BCUT2D eigenvalue weighted by Crippen LogP contribution is -2.38. The van der Waals surface area contributed by atoms with Crippen molar-refractivity contribution < 1.29 is 4.79 Å². The van der Waals surface area contributed by atoms with Crippen molar-refractivity contribution in [3.05, 3.63) is 62.4 Å². The fourth-order valence-corrected chi connectivity index (χ4v) is 4.28. The zero-order valence-corrected chi connectivity index (χ0v) is 16.4. The summed E-state index contributed by atoms with van der Waals surface area (Å²) in [6.45, 7) is 1.53. The number of hydrogen-bond donors (Lipinski definition) is 1. The van der Waals surface area contributed by atoms with Gasteiger partial charge in [-0.15, -0.1) is 0 Å². The van der Waals surface area contributed by atoms with Crippen LogP contribution in [0.5, 0.6) is 0 Å². The Morgan fingerprint density at radius 2 is 2.08 bits per heavy atom. The smallest absolute Gasteiger partial charge is 0.254 e. The Hall–Kier alpha value is -1.60. The van der Waals surface area contributed by atoms with Crippen LogP contribution in [0.15, 0.2) is 42.7 Å². The number of nitrogens with one attached hydrogen (secondary N) is 1. The molecule has 25 heavy (non-hydrogen) atoms. The van der Waals surface area contributed by atoms with Crippen LogP contribution in [0.3, 0.4) is 0 Å². The predicted octanol–water partition coefficient (Wildman–Crippen LogP) is 4.84. The highest BCUT2D eigenvalue weighted by Gasteiger charge is 2.27. The van der Waals surface area contributed by atoms with Crippen molar-refractivity contribution >= 4 is 51.1 Å². The lowest BCUT2D eigenvalue weighted by atomic mass is 9.89. The first-order valence-corrected chi connectivity index (χ1v) is 9.75. The molecule has 0 aliphatic carbocycles. The molecule has 3 heterocycles. The maximum absolute atomic E-state index is 12.8. The fourth-order valence-electron chi connectivity index (χ4n) is 3.54. The molecule has 2 aromatic heterocycles. The number of carbonyl (C=O) groups is 1. The van der Waals surface area contributed by atoms with Crippen LogP contribution in [-0.4, -0.2) is 33.9 Å². The van der Waals surface area contributed by atoms with Crippen LogP contribution in [0, 0.1) is 3.57 Å². The first kappa shape index (κ1) is 16.8. The van der Waals surface area contributed by atoms with Gasteiger partial charge in [-0.1, -0.05) is 11.6 Å². The van der Waals surface area contributed by atoms with E-state index in [-0.39, 0.29) is 5.91 Å². The Kier molecular flexibility index (Phi) is 4.69. The highest BCUT2D eigenvalue weighted by molar-refractivity contribution is 14.1. The van der Waals surface area contributed by atoms with E-state index in [2.05, 4.69) is 44.8 Å². The number of halogens is 2. The Morgan fingerprint density at radius 3 is 2.88 bits per heavy atom. The summed E-state index contributed by atoms with van der Waals surface area (Å²) in [6.07, 6.45) is 5.80. The molecular weight excluding hydrogens is 449 g/mol. The summed E-state index contributed by atoms with van der Waals surface area (Å²) in [6, 6.07) is 9.56. The number of aromatic nitrogens is 2. The minimum Gasteiger partial charge on any atom is -0.346 e. The molecule has 1 aliphatic rings. The van der Waals surface area contributed by atoms with E-state index in [4.69, 9.17) is 11.6 Å². The van der Waals surface area contributed by atoms with Crippen molar-refractivity contribution in [2.24, 2.45) is 0 Å². The van der Waals surface area contributed by atoms with E-state index in [1.165, 1.54) is 10.9 Å². The van der Waals surface area contributed by atoms with Crippen LogP contribution in [0.25, 0.3) is 11.0 Å². The van der Waals surface area contributed by atoms with Gasteiger partial charge in [0, 0.05) is 39.5 Å². The number of benzene rings is 1. The van der Waals surface area contributed by atoms with Gasteiger partial charge in [0.2, 0.25) is 0 Å². The molecule has 1 aromatic carbocycles. The number of fused-ring (bicyclic) bond motifs is 1. The molecule has 1 aliphatic heterocycles. The van der Waals surface area contributed by atoms with E-state index in [0.717, 1.165) is 35.1 Å². The molecule has 0 saturated carbocycles. The van der Waals surface area contributed by atoms with Gasteiger partial charge in [-0.25, -0.2) is 4.98 Å². The lowest BCUT2D eigenvalue weighted by molar-refractivity contribution is 0.0712. The molecule has 1 fully saturated rings. The second-order valence-corrected chi connectivity index (χ2v) is 7.93. The highest BCUT2D eigenvalue weighted by atomic mass is 127. The number of carbonyl (C=O) groups excluding carboxylic acids is 1. The third-order valence-electron chi connectivity index (χ3n) is 4.86. The third kappa shape index (κ3) is 3.27. The van der Waals surface area contributed by atoms with Gasteiger partial charge < -0.3 is 9.88 Å². The highest BCUT2D eigenvalue weighted by Crippen LogP contribution is 2.33. The number of H-pyrrole nitrogens is 1. The van der Waals surface area contributed by atoms with E-state index < -0.39 is 0 Å². The number of aromatic amines is 1. The molecule has 128 valence electrons. The standard InChI is InChI=1S/C19H17ClIN3O/c20-13-3-4-17(21)15(10-13)19(25)24-8-5-12(6-9-24)16-11-23-18-14(16)2-1-7-22-18/h1-4,7,10-12H,5-6,8-9H2,(H,22,23). The van der Waals surface area contributed by atoms with Crippen molar-refractivity contribution in [1.82, 2.24) is 14.9 Å². The quantitative estimate of drug-likeness (QED) is 0.551. The normalized spacial score (nSPS) is 15.7. The van der Waals surface area contributed by atoms with Crippen LogP contribution in [0.4, 0.5) is 0 Å². The first-order valence-electron chi connectivity index (χ1n) is 8.30. The Morgan fingerprint density at radius 1 is 1.28 bits per heavy atom. The van der Waals surface area contributed by atoms with Crippen molar-refractivity contribution in [2.75, 3.05) is 13.1 Å². The van der Waals surface area contributed by atoms with Crippen molar-refractivity contribution in [3.63, 3.8) is 0 Å². The first-order chi connectivity index (χ1) is 12.1. The van der Waals surface area contributed by atoms with Crippen LogP contribution in [-0.2, 0) is 0 Å². The number of rotatable bonds is 2. The molecule has 0 bridgehead atoms. The van der Waals surface area contributed by atoms with E-state index in [0.29, 0.717) is 16.5 Å². The van der Waals surface area contributed by atoms with Gasteiger partial charge in [-0.3, -0.25) is 4.79 Å². The van der Waals surface area contributed by atoms with Gasteiger partial charge >= 0.3 is 0 Å². The van der Waals surface area contributed by atoms with Gasteiger partial charge in [-0.2, -0.15) is 0 Å². The van der Waals surface area contributed by atoms with Crippen LogP contribution >= 0.6 is 34.2 Å². The summed E-state index contributed by atoms with van der Waals surface area (Å²) in [5.74, 6) is 0.534. The summed E-state index contributed by atoms with van der Waals surface area (Å²) < 4.78 is 0.942. The van der Waals surface area contributed by atoms with Gasteiger partial charge in [-0.05, 0) is 77.2 Å². The van der Waals surface area contributed by atoms with Crippen LogP contribution in [0.1, 0.15) is 34.7 Å². The zero-order valence-electron chi connectivity index (χ0n) is 13.5. The van der Waals surface area contributed by atoms with Gasteiger partial charge in [0.15, 0.2) is 0 Å². The second-order valence-electron chi connectivity index (χ2n) is 6.33. The van der Waals surface area contributed by atoms with E-state index in [1.807, 2.05) is 23.1 Å². The molecule has 0 radical (unpaired) electrons. The van der Waals surface area contributed by atoms with E-state index >= 15 is 0 Å². The molecule has 4 rings (SSSR count). The van der Waals surface area contributed by atoms with Crippen molar-refractivity contribution in [1.29, 1.82) is 0 Å². The minimum absolute atomic E-state index is 0.0749. The number of piperidine rings is 1. The maximum atomic E-state index is 12.8. The summed E-state index contributed by atoms with van der Waals surface area (Å²) >= 11 is 8.26. The summed E-state index contributed by atoms with van der Waals surface area (Å²) in [4.78, 5) is 22.4. The molecule has 1 saturated heterocycles. The molecule has 1 amide bonds. The van der Waals surface area contributed by atoms with Crippen molar-refractivity contribution in [3.8, 4) is 0 Å². The fraction of sp³-hybridized carbons (Fsp3) is 0.263. The minimum atomic E-state index is 0.0749. The van der Waals surface area contributed by atoms with Crippen LogP contribution < -0.4 is 0 Å². The van der Waals surface area contributed by atoms with Gasteiger partial charge in [0.25, 0.3) is 5.91 Å². The largest absolute Gasteiger partial charge is 0.346 e. The summed E-state index contributed by atoms with van der Waals surface area (Å²) in [5, 5.41) is 1.79. The number of nitrogens with zero attached hydrogens (tertiary/aromatic N) is 2. The number of pyridine rings is 1. The molecule has 4 nitrogen and oxygen atoms in total. The Balaban J connectivity index is 1.50. The monoisotopic (exact) mass is 465 g/mol. The van der Waals surface area contributed by atoms with Crippen LogP contribution in [0.2, 0.25) is 5.02 Å². The van der Waals surface area contributed by atoms with Crippen molar-refractivity contribution in [2.45, 2.75) is 18.8 Å². The predicted molar refractivity (Wildman–Crippen MR) is 108 cm³/mol. The average Bonchev–Trinajstić information content (AvgIpc) is 3.07. The van der Waals surface area contributed by atoms with E-state index in [9.17, 15) is 4.79 Å². The Bertz CT molecular complexity index is 931. The topological polar surface area (TPSA) is 49.0 Å². The summed E-state index contributed by atoms with van der Waals surface area (Å²) in [7, 11) is 0. The molecule has 0 atom stereocenters. The second kappa shape index (κ2) is 6.96. The summed E-state index contributed by atoms with van der Waals surface area (Å²) in [5.41, 5.74) is 2.94.